The van der Waals surface area contributed by atoms with Crippen molar-refractivity contribution in [2.45, 2.75) is 33.1 Å². The molecule has 0 aliphatic carbocycles. The summed E-state index contributed by atoms with van der Waals surface area (Å²) < 4.78 is 0. The Hall–Kier alpha value is -1.81. The van der Waals surface area contributed by atoms with Gasteiger partial charge in [-0.05, 0) is 23.5 Å². The fourth-order valence-electron chi connectivity index (χ4n) is 2.08. The van der Waals surface area contributed by atoms with Crippen molar-refractivity contribution in [2.24, 2.45) is 0 Å². The maximum atomic E-state index is 11.3. The normalized spacial score (nSPS) is 12.7. The SMILES string of the molecule is C/C=C(/c1ccc(C(C)(C)C)cc1)c1sc(=O)[nH]c1O. The van der Waals surface area contributed by atoms with Crippen LogP contribution in [-0.2, 0) is 5.41 Å². The van der Waals surface area contributed by atoms with E-state index in [1.54, 1.807) is 0 Å². The van der Waals surface area contributed by atoms with Gasteiger partial charge >= 0.3 is 4.87 Å². The second-order valence-electron chi connectivity index (χ2n) is 5.72. The van der Waals surface area contributed by atoms with Crippen molar-refractivity contribution < 1.29 is 5.11 Å². The lowest BCUT2D eigenvalue weighted by Gasteiger charge is -2.19. The molecule has 0 spiro atoms. The third-order valence-electron chi connectivity index (χ3n) is 3.23. The molecule has 0 bridgehead atoms. The number of aromatic amines is 1. The van der Waals surface area contributed by atoms with Gasteiger partial charge in [-0.1, -0.05) is 62.4 Å². The van der Waals surface area contributed by atoms with Crippen LogP contribution in [0.25, 0.3) is 5.57 Å². The summed E-state index contributed by atoms with van der Waals surface area (Å²) in [4.78, 5) is 14.1. The maximum Gasteiger partial charge on any atom is 0.307 e. The van der Waals surface area contributed by atoms with Crippen LogP contribution in [0.3, 0.4) is 0 Å². The molecule has 20 heavy (non-hydrogen) atoms. The Morgan fingerprint density at radius 3 is 2.25 bits per heavy atom. The molecule has 1 aromatic heterocycles. The van der Waals surface area contributed by atoms with Crippen LogP contribution >= 0.6 is 11.3 Å². The van der Waals surface area contributed by atoms with Crippen LogP contribution in [0.4, 0.5) is 0 Å². The van der Waals surface area contributed by atoms with E-state index in [2.05, 4.69) is 37.9 Å². The lowest BCUT2D eigenvalue weighted by atomic mass is 9.86. The van der Waals surface area contributed by atoms with Crippen LogP contribution in [0.15, 0.2) is 35.1 Å². The number of nitrogens with one attached hydrogen (secondary N) is 1. The molecule has 0 saturated carbocycles. The fraction of sp³-hybridized carbons (Fsp3) is 0.312. The average Bonchev–Trinajstić information content (AvgIpc) is 2.69. The van der Waals surface area contributed by atoms with E-state index in [-0.39, 0.29) is 16.2 Å². The quantitative estimate of drug-likeness (QED) is 0.881. The monoisotopic (exact) mass is 289 g/mol. The molecule has 0 amide bonds. The van der Waals surface area contributed by atoms with Gasteiger partial charge in [0.05, 0.1) is 4.88 Å². The number of rotatable bonds is 2. The number of benzene rings is 1. The zero-order valence-electron chi connectivity index (χ0n) is 12.2. The third-order valence-corrected chi connectivity index (χ3v) is 4.13. The minimum absolute atomic E-state index is 0.0620. The zero-order valence-corrected chi connectivity index (χ0v) is 13.0. The summed E-state index contributed by atoms with van der Waals surface area (Å²) in [7, 11) is 0. The summed E-state index contributed by atoms with van der Waals surface area (Å²) in [6.45, 7) is 8.41. The summed E-state index contributed by atoms with van der Waals surface area (Å²) in [5.41, 5.74) is 3.22. The van der Waals surface area contributed by atoms with E-state index in [0.717, 1.165) is 22.5 Å². The van der Waals surface area contributed by atoms with Crippen LogP contribution in [0, 0.1) is 0 Å². The van der Waals surface area contributed by atoms with Crippen molar-refractivity contribution in [2.75, 3.05) is 0 Å². The van der Waals surface area contributed by atoms with Crippen molar-refractivity contribution in [3.63, 3.8) is 0 Å². The summed E-state index contributed by atoms with van der Waals surface area (Å²) in [5, 5.41) is 9.79. The molecular weight excluding hydrogens is 270 g/mol. The van der Waals surface area contributed by atoms with Crippen LogP contribution in [0.5, 0.6) is 5.88 Å². The molecule has 0 fully saturated rings. The molecule has 0 aliphatic rings. The first kappa shape index (κ1) is 14.6. The topological polar surface area (TPSA) is 53.1 Å². The minimum Gasteiger partial charge on any atom is -0.493 e. The largest absolute Gasteiger partial charge is 0.493 e. The standard InChI is InChI=1S/C16H19NO2S/c1-5-12(13-14(18)17-15(19)20-13)10-6-8-11(9-7-10)16(2,3)4/h5-9,18H,1-4H3,(H,17,19)/b12-5-. The molecule has 3 nitrogen and oxygen atoms in total. The number of H-pyrrole nitrogens is 1. The summed E-state index contributed by atoms with van der Waals surface area (Å²) in [6.07, 6.45) is 1.91. The molecule has 4 heteroatoms. The Morgan fingerprint density at radius 2 is 1.85 bits per heavy atom. The van der Waals surface area contributed by atoms with Crippen LogP contribution in [-0.4, -0.2) is 10.1 Å². The molecule has 0 radical (unpaired) electrons. The number of aromatic hydroxyl groups is 1. The van der Waals surface area contributed by atoms with E-state index < -0.39 is 0 Å². The Morgan fingerprint density at radius 1 is 1.25 bits per heavy atom. The summed E-state index contributed by atoms with van der Waals surface area (Å²) >= 11 is 1.02. The molecule has 2 aromatic rings. The van der Waals surface area contributed by atoms with Crippen molar-refractivity contribution in [3.8, 4) is 5.88 Å². The maximum absolute atomic E-state index is 11.3. The third kappa shape index (κ3) is 2.85. The average molecular weight is 289 g/mol. The molecular formula is C16H19NO2S. The van der Waals surface area contributed by atoms with Crippen molar-refractivity contribution >= 4 is 16.9 Å². The van der Waals surface area contributed by atoms with Gasteiger partial charge in [-0.15, -0.1) is 0 Å². The minimum atomic E-state index is -0.247. The van der Waals surface area contributed by atoms with Gasteiger partial charge in [0.2, 0.25) is 5.88 Å². The molecule has 2 N–H and O–H groups in total. The van der Waals surface area contributed by atoms with Gasteiger partial charge in [0, 0.05) is 5.57 Å². The number of hydrogen-bond donors (Lipinski definition) is 2. The molecule has 1 heterocycles. The van der Waals surface area contributed by atoms with Crippen LogP contribution in [0.1, 0.15) is 43.7 Å². The molecule has 0 unspecified atom stereocenters. The van der Waals surface area contributed by atoms with E-state index in [0.29, 0.717) is 4.88 Å². The van der Waals surface area contributed by atoms with E-state index in [9.17, 15) is 9.90 Å². The van der Waals surface area contributed by atoms with Gasteiger partial charge in [-0.3, -0.25) is 9.78 Å². The van der Waals surface area contributed by atoms with Gasteiger partial charge in [0.15, 0.2) is 0 Å². The number of thiazole rings is 1. The van der Waals surface area contributed by atoms with Crippen molar-refractivity contribution in [1.29, 1.82) is 0 Å². The van der Waals surface area contributed by atoms with Gasteiger partial charge < -0.3 is 5.11 Å². The highest BCUT2D eigenvalue weighted by molar-refractivity contribution is 7.10. The molecule has 0 aliphatic heterocycles. The summed E-state index contributed by atoms with van der Waals surface area (Å²) in [5.74, 6) is -0.0620. The molecule has 106 valence electrons. The van der Waals surface area contributed by atoms with Crippen LogP contribution < -0.4 is 4.87 Å². The van der Waals surface area contributed by atoms with Crippen LogP contribution in [0.2, 0.25) is 0 Å². The van der Waals surface area contributed by atoms with E-state index in [1.165, 1.54) is 5.56 Å². The predicted molar refractivity (Wildman–Crippen MR) is 84.5 cm³/mol. The smallest absolute Gasteiger partial charge is 0.307 e. The van der Waals surface area contributed by atoms with Gasteiger partial charge in [0.25, 0.3) is 0 Å². The lowest BCUT2D eigenvalue weighted by molar-refractivity contribution is 0.455. The molecule has 0 saturated heterocycles. The Kier molecular flexibility index (Phi) is 3.86. The number of aromatic nitrogens is 1. The summed E-state index contributed by atoms with van der Waals surface area (Å²) in [6, 6.07) is 8.23. The van der Waals surface area contributed by atoms with Crippen molar-refractivity contribution in [3.05, 3.63) is 56.0 Å². The predicted octanol–water partition coefficient (Wildman–Crippen LogP) is 3.89. The first-order valence-electron chi connectivity index (χ1n) is 6.52. The second-order valence-corrected chi connectivity index (χ2v) is 6.71. The molecule has 2 rings (SSSR count). The number of allylic oxidation sites excluding steroid dienone is 1. The Balaban J connectivity index is 2.44. The Bertz CT molecular complexity index is 685. The molecule has 1 aromatic carbocycles. The Labute approximate surface area is 122 Å². The first-order valence-corrected chi connectivity index (χ1v) is 7.34. The van der Waals surface area contributed by atoms with E-state index in [1.807, 2.05) is 25.1 Å². The zero-order chi connectivity index (χ0) is 14.9. The van der Waals surface area contributed by atoms with Gasteiger partial charge in [-0.2, -0.15) is 0 Å². The van der Waals surface area contributed by atoms with E-state index >= 15 is 0 Å². The first-order chi connectivity index (χ1) is 9.32. The highest BCUT2D eigenvalue weighted by atomic mass is 32.1. The highest BCUT2D eigenvalue weighted by Gasteiger charge is 2.16. The van der Waals surface area contributed by atoms with Gasteiger partial charge in [-0.25, -0.2) is 0 Å². The second kappa shape index (κ2) is 5.29. The molecule has 0 atom stereocenters. The van der Waals surface area contributed by atoms with Gasteiger partial charge in [0.1, 0.15) is 0 Å². The number of hydrogen-bond acceptors (Lipinski definition) is 3. The fourth-order valence-corrected chi connectivity index (χ4v) is 2.91. The lowest BCUT2D eigenvalue weighted by Crippen LogP contribution is -2.10. The van der Waals surface area contributed by atoms with E-state index in [4.69, 9.17) is 0 Å². The highest BCUT2D eigenvalue weighted by Crippen LogP contribution is 2.32. The van der Waals surface area contributed by atoms with Crippen molar-refractivity contribution in [1.82, 2.24) is 4.98 Å².